The van der Waals surface area contributed by atoms with E-state index in [1.54, 1.807) is 0 Å². The van der Waals surface area contributed by atoms with Crippen molar-refractivity contribution in [1.82, 2.24) is 4.90 Å². The van der Waals surface area contributed by atoms with Crippen LogP contribution in [0.2, 0.25) is 0 Å². The molecule has 8 heteroatoms. The maximum Gasteiger partial charge on any atom is 0.416 e. The number of likely N-dealkylation sites (N-methyl/N-ethyl adjacent to an activating group) is 1. The van der Waals surface area contributed by atoms with Crippen LogP contribution in [-0.2, 0) is 0 Å². The minimum absolute atomic E-state index is 0.140. The molecule has 0 bridgehead atoms. The number of hydrogen-bond donors (Lipinski definition) is 2. The Labute approximate surface area is 119 Å². The summed E-state index contributed by atoms with van der Waals surface area (Å²) in [5.41, 5.74) is 0.784. The molecule has 0 spiro atoms. The van der Waals surface area contributed by atoms with Crippen LogP contribution in [0, 0.1) is 0 Å². The largest absolute Gasteiger partial charge is 0.416 e. The summed E-state index contributed by atoms with van der Waals surface area (Å²) in [4.78, 5) is 23.5. The van der Waals surface area contributed by atoms with Crippen LogP contribution in [0.5, 0.6) is 0 Å². The third-order valence-electron chi connectivity index (χ3n) is 2.71. The van der Waals surface area contributed by atoms with Gasteiger partial charge in [-0.05, 0) is 31.2 Å². The van der Waals surface area contributed by atoms with Crippen LogP contribution in [0.15, 0.2) is 24.3 Å². The van der Waals surface area contributed by atoms with Gasteiger partial charge in [0.15, 0.2) is 11.9 Å². The second-order valence-electron chi connectivity index (χ2n) is 4.50. The number of aliphatic hydroxyl groups excluding tert-OH is 1. The Balaban J connectivity index is 2.62. The van der Waals surface area contributed by atoms with Gasteiger partial charge in [-0.1, -0.05) is 0 Å². The predicted octanol–water partition coefficient (Wildman–Crippen LogP) is 2.28. The molecular weight excluding hydrogens is 289 g/mol. The summed E-state index contributed by atoms with van der Waals surface area (Å²) in [6.07, 6.45) is -7.38. The van der Waals surface area contributed by atoms with Gasteiger partial charge >= 0.3 is 12.2 Å². The van der Waals surface area contributed by atoms with Crippen LogP contribution < -0.4 is 5.32 Å². The second kappa shape index (κ2) is 6.57. The fourth-order valence-electron chi connectivity index (χ4n) is 1.45. The SMILES string of the molecule is CC(=O)c1ccc(NC(=O)N(C)CC(O)C(F)(F)F)cc1. The number of anilines is 1. The molecule has 1 aromatic carbocycles. The summed E-state index contributed by atoms with van der Waals surface area (Å²) < 4.78 is 36.5. The van der Waals surface area contributed by atoms with Crippen LogP contribution in [0.3, 0.4) is 0 Å². The van der Waals surface area contributed by atoms with E-state index in [0.29, 0.717) is 11.3 Å². The maximum absolute atomic E-state index is 12.2. The Morgan fingerprint density at radius 3 is 2.24 bits per heavy atom. The highest BCUT2D eigenvalue weighted by Gasteiger charge is 2.39. The molecule has 1 rings (SSSR count). The summed E-state index contributed by atoms with van der Waals surface area (Å²) >= 11 is 0. The quantitative estimate of drug-likeness (QED) is 0.838. The molecular formula is C13H15F3N2O3. The smallest absolute Gasteiger partial charge is 0.382 e. The Bertz CT molecular complexity index is 514. The Morgan fingerprint density at radius 1 is 1.29 bits per heavy atom. The number of aliphatic hydroxyl groups is 1. The third kappa shape index (κ3) is 5.07. The summed E-state index contributed by atoms with van der Waals surface area (Å²) in [7, 11) is 1.13. The zero-order chi connectivity index (χ0) is 16.2. The van der Waals surface area contributed by atoms with Crippen molar-refractivity contribution in [2.75, 3.05) is 18.9 Å². The highest BCUT2D eigenvalue weighted by Crippen LogP contribution is 2.20. The van der Waals surface area contributed by atoms with Crippen molar-refractivity contribution in [3.63, 3.8) is 0 Å². The number of rotatable bonds is 4. The number of halogens is 3. The fourth-order valence-corrected chi connectivity index (χ4v) is 1.45. The zero-order valence-electron chi connectivity index (χ0n) is 11.4. The maximum atomic E-state index is 12.2. The van der Waals surface area contributed by atoms with Gasteiger partial charge in [-0.3, -0.25) is 4.79 Å². The summed E-state index contributed by atoms with van der Waals surface area (Å²) in [6.45, 7) is 0.515. The highest BCUT2D eigenvalue weighted by molar-refractivity contribution is 5.95. The first-order valence-electron chi connectivity index (χ1n) is 5.99. The highest BCUT2D eigenvalue weighted by atomic mass is 19.4. The number of carbonyl (C=O) groups excluding carboxylic acids is 2. The standard InChI is InChI=1S/C13H15F3N2O3/c1-8(19)9-3-5-10(6-4-9)17-12(21)18(2)7-11(20)13(14,15)16/h3-6,11,20H,7H2,1-2H3,(H,17,21). The number of nitrogens with zero attached hydrogens (tertiary/aromatic N) is 1. The minimum atomic E-state index is -4.78. The lowest BCUT2D eigenvalue weighted by molar-refractivity contribution is -0.205. The van der Waals surface area contributed by atoms with E-state index in [4.69, 9.17) is 5.11 Å². The number of Topliss-reactive ketones (excluding diaryl/α,β-unsaturated/α-hetero) is 1. The van der Waals surface area contributed by atoms with Crippen molar-refractivity contribution < 1.29 is 27.9 Å². The van der Waals surface area contributed by atoms with Crippen LogP contribution in [0.1, 0.15) is 17.3 Å². The van der Waals surface area contributed by atoms with Crippen molar-refractivity contribution in [2.45, 2.75) is 19.2 Å². The summed E-state index contributed by atoms with van der Waals surface area (Å²) in [6, 6.07) is 5.10. The lowest BCUT2D eigenvalue weighted by atomic mass is 10.1. The number of hydrogen-bond acceptors (Lipinski definition) is 3. The second-order valence-corrected chi connectivity index (χ2v) is 4.50. The lowest BCUT2D eigenvalue weighted by Gasteiger charge is -2.22. The average Bonchev–Trinajstić information content (AvgIpc) is 2.37. The van der Waals surface area contributed by atoms with Gasteiger partial charge in [0.05, 0.1) is 6.54 Å². The first-order valence-corrected chi connectivity index (χ1v) is 5.99. The van der Waals surface area contributed by atoms with E-state index < -0.39 is 24.9 Å². The van der Waals surface area contributed by atoms with Crippen molar-refractivity contribution in [2.24, 2.45) is 0 Å². The predicted molar refractivity (Wildman–Crippen MR) is 70.2 cm³/mol. The van der Waals surface area contributed by atoms with Crippen molar-refractivity contribution in [3.8, 4) is 0 Å². The number of ketones is 1. The molecule has 0 radical (unpaired) electrons. The number of urea groups is 1. The first-order chi connectivity index (χ1) is 9.61. The summed E-state index contributed by atoms with van der Waals surface area (Å²) in [5.74, 6) is -0.140. The van der Waals surface area contributed by atoms with Crippen LogP contribution >= 0.6 is 0 Å². The van der Waals surface area contributed by atoms with Crippen LogP contribution in [-0.4, -0.2) is 47.7 Å². The minimum Gasteiger partial charge on any atom is -0.382 e. The van der Waals surface area contributed by atoms with E-state index in [9.17, 15) is 22.8 Å². The van der Waals surface area contributed by atoms with Gasteiger partial charge in [-0.2, -0.15) is 13.2 Å². The van der Waals surface area contributed by atoms with Gasteiger partial charge in [0.1, 0.15) is 0 Å². The van der Waals surface area contributed by atoms with Crippen molar-refractivity contribution in [1.29, 1.82) is 0 Å². The van der Waals surface area contributed by atoms with E-state index >= 15 is 0 Å². The molecule has 0 fully saturated rings. The molecule has 0 aliphatic rings. The molecule has 0 aromatic heterocycles. The molecule has 5 nitrogen and oxygen atoms in total. The Morgan fingerprint density at radius 2 is 1.81 bits per heavy atom. The molecule has 2 N–H and O–H groups in total. The normalized spacial score (nSPS) is 12.7. The average molecular weight is 304 g/mol. The zero-order valence-corrected chi connectivity index (χ0v) is 11.4. The molecule has 2 amide bonds. The molecule has 116 valence electrons. The number of amides is 2. The topological polar surface area (TPSA) is 69.6 Å². The molecule has 21 heavy (non-hydrogen) atoms. The van der Waals surface area contributed by atoms with Gasteiger partial charge in [-0.25, -0.2) is 4.79 Å². The molecule has 0 heterocycles. The van der Waals surface area contributed by atoms with Gasteiger partial charge in [0.25, 0.3) is 0 Å². The molecule has 0 saturated carbocycles. The number of nitrogens with one attached hydrogen (secondary N) is 1. The van der Waals surface area contributed by atoms with E-state index in [1.807, 2.05) is 0 Å². The number of alkyl halides is 3. The molecule has 1 aromatic rings. The van der Waals surface area contributed by atoms with Gasteiger partial charge in [0.2, 0.25) is 0 Å². The van der Waals surface area contributed by atoms with Crippen LogP contribution in [0.25, 0.3) is 0 Å². The third-order valence-corrected chi connectivity index (χ3v) is 2.71. The van der Waals surface area contributed by atoms with Gasteiger partial charge in [0, 0.05) is 18.3 Å². The van der Waals surface area contributed by atoms with E-state index in [1.165, 1.54) is 31.2 Å². The molecule has 0 aliphatic heterocycles. The Kier molecular flexibility index (Phi) is 5.31. The van der Waals surface area contributed by atoms with Gasteiger partial charge < -0.3 is 15.3 Å². The Hall–Kier alpha value is -2.09. The lowest BCUT2D eigenvalue weighted by Crippen LogP contribution is -2.43. The first kappa shape index (κ1) is 17.0. The molecule has 0 aliphatic carbocycles. The number of benzene rings is 1. The molecule has 1 unspecified atom stereocenters. The summed E-state index contributed by atoms with van der Waals surface area (Å²) in [5, 5.41) is 11.2. The van der Waals surface area contributed by atoms with Crippen LogP contribution in [0.4, 0.5) is 23.7 Å². The van der Waals surface area contributed by atoms with E-state index in [0.717, 1.165) is 11.9 Å². The van der Waals surface area contributed by atoms with E-state index in [2.05, 4.69) is 5.32 Å². The van der Waals surface area contributed by atoms with Gasteiger partial charge in [-0.15, -0.1) is 0 Å². The van der Waals surface area contributed by atoms with Crippen molar-refractivity contribution >= 4 is 17.5 Å². The van der Waals surface area contributed by atoms with Crippen molar-refractivity contribution in [3.05, 3.63) is 29.8 Å². The number of carbonyl (C=O) groups is 2. The fraction of sp³-hybridized carbons (Fsp3) is 0.385. The monoisotopic (exact) mass is 304 g/mol. The molecule has 0 saturated heterocycles. The van der Waals surface area contributed by atoms with E-state index in [-0.39, 0.29) is 5.78 Å². The molecule has 1 atom stereocenters.